The molecular weight excluding hydrogens is 228 g/mol. The van der Waals surface area contributed by atoms with E-state index in [9.17, 15) is 4.79 Å². The number of nitrogens with one attached hydrogen (secondary N) is 1. The number of hydrogen-bond donors (Lipinski definition) is 2. The third-order valence-electron chi connectivity index (χ3n) is 3.03. The predicted octanol–water partition coefficient (Wildman–Crippen LogP) is 2.06. The van der Waals surface area contributed by atoms with Gasteiger partial charge in [0.1, 0.15) is 0 Å². The highest BCUT2D eigenvalue weighted by Gasteiger charge is 2.20. The van der Waals surface area contributed by atoms with Crippen molar-refractivity contribution in [3.63, 3.8) is 0 Å². The normalized spacial score (nSPS) is 13.3. The summed E-state index contributed by atoms with van der Waals surface area (Å²) in [4.78, 5) is 14.7. The van der Waals surface area contributed by atoms with Gasteiger partial charge in [-0.1, -0.05) is 26.8 Å². The molecule has 1 aromatic rings. The van der Waals surface area contributed by atoms with Crippen molar-refractivity contribution in [1.29, 1.82) is 0 Å². The molecule has 2 N–H and O–H groups in total. The maximum absolute atomic E-state index is 10.6. The molecule has 0 aliphatic rings. The minimum absolute atomic E-state index is 0.00277. The van der Waals surface area contributed by atoms with Gasteiger partial charge in [-0.25, -0.2) is 0 Å². The van der Waals surface area contributed by atoms with Crippen LogP contribution in [-0.2, 0) is 10.2 Å². The van der Waals surface area contributed by atoms with Crippen molar-refractivity contribution in [2.75, 3.05) is 13.1 Å². The molecule has 18 heavy (non-hydrogen) atoms. The van der Waals surface area contributed by atoms with Gasteiger partial charge in [0.15, 0.2) is 0 Å². The van der Waals surface area contributed by atoms with Crippen molar-refractivity contribution in [2.45, 2.75) is 32.6 Å². The number of pyridine rings is 1. The highest BCUT2D eigenvalue weighted by Crippen LogP contribution is 2.20. The number of carbonyl (C=O) groups is 1. The summed E-state index contributed by atoms with van der Waals surface area (Å²) in [5.74, 6) is -0.594. The summed E-state index contributed by atoms with van der Waals surface area (Å²) in [5, 5.41) is 12.0. The largest absolute Gasteiger partial charge is 0.481 e. The first-order chi connectivity index (χ1) is 8.42. The van der Waals surface area contributed by atoms with E-state index in [2.05, 4.69) is 30.2 Å². The average molecular weight is 250 g/mol. The van der Waals surface area contributed by atoms with E-state index in [0.717, 1.165) is 13.1 Å². The summed E-state index contributed by atoms with van der Waals surface area (Å²) in [6.45, 7) is 7.77. The van der Waals surface area contributed by atoms with E-state index in [1.807, 2.05) is 19.2 Å². The number of nitrogens with zero attached hydrogens (tertiary/aromatic N) is 1. The van der Waals surface area contributed by atoms with E-state index in [-0.39, 0.29) is 17.8 Å². The predicted molar refractivity (Wildman–Crippen MR) is 71.5 cm³/mol. The molecule has 1 atom stereocenters. The van der Waals surface area contributed by atoms with E-state index < -0.39 is 5.97 Å². The number of aromatic nitrogens is 1. The second-order valence-electron chi connectivity index (χ2n) is 5.46. The molecule has 100 valence electrons. The highest BCUT2D eigenvalue weighted by atomic mass is 16.4. The van der Waals surface area contributed by atoms with E-state index >= 15 is 0 Å². The van der Waals surface area contributed by atoms with Gasteiger partial charge in [-0.3, -0.25) is 9.78 Å². The smallest absolute Gasteiger partial charge is 0.303 e. The van der Waals surface area contributed by atoms with Gasteiger partial charge in [0.05, 0.1) is 0 Å². The number of aliphatic carboxylic acids is 1. The molecule has 0 saturated carbocycles. The summed E-state index contributed by atoms with van der Waals surface area (Å²) in [7, 11) is 0. The molecule has 0 radical (unpaired) electrons. The van der Waals surface area contributed by atoms with Crippen molar-refractivity contribution in [3.05, 3.63) is 30.1 Å². The Bertz CT molecular complexity index is 377. The Kier molecular flexibility index (Phi) is 5.28. The molecule has 4 nitrogen and oxygen atoms in total. The fraction of sp³-hybridized carbons (Fsp3) is 0.571. The number of rotatable bonds is 7. The fourth-order valence-electron chi connectivity index (χ4n) is 1.87. The maximum atomic E-state index is 10.6. The second kappa shape index (κ2) is 6.50. The lowest BCUT2D eigenvalue weighted by atomic mass is 9.85. The Labute approximate surface area is 108 Å². The summed E-state index contributed by atoms with van der Waals surface area (Å²) >= 11 is 0. The Morgan fingerprint density at radius 1 is 1.56 bits per heavy atom. The lowest BCUT2D eigenvalue weighted by Crippen LogP contribution is -2.35. The van der Waals surface area contributed by atoms with Gasteiger partial charge in [0.2, 0.25) is 0 Å². The number of carboxylic acids is 1. The monoisotopic (exact) mass is 250 g/mol. The van der Waals surface area contributed by atoms with Crippen LogP contribution in [0.3, 0.4) is 0 Å². The van der Waals surface area contributed by atoms with Crippen LogP contribution in [0.2, 0.25) is 0 Å². The average Bonchev–Trinajstić information content (AvgIpc) is 2.29. The zero-order chi connectivity index (χ0) is 13.6. The summed E-state index contributed by atoms with van der Waals surface area (Å²) in [6.07, 6.45) is 3.85. The van der Waals surface area contributed by atoms with Gasteiger partial charge < -0.3 is 10.4 Å². The molecular formula is C14H22N2O2. The van der Waals surface area contributed by atoms with Gasteiger partial charge in [-0.2, -0.15) is 0 Å². The molecule has 0 bridgehead atoms. The first kappa shape index (κ1) is 14.6. The van der Waals surface area contributed by atoms with Crippen LogP contribution in [0, 0.1) is 5.92 Å². The van der Waals surface area contributed by atoms with Crippen LogP contribution in [0.1, 0.15) is 32.8 Å². The van der Waals surface area contributed by atoms with Gasteiger partial charge in [-0.15, -0.1) is 0 Å². The second-order valence-corrected chi connectivity index (χ2v) is 5.46. The van der Waals surface area contributed by atoms with Gasteiger partial charge in [0.25, 0.3) is 0 Å². The summed E-state index contributed by atoms with van der Waals surface area (Å²) < 4.78 is 0. The maximum Gasteiger partial charge on any atom is 0.303 e. The zero-order valence-electron chi connectivity index (χ0n) is 11.3. The molecule has 0 fully saturated rings. The van der Waals surface area contributed by atoms with Crippen LogP contribution in [0.4, 0.5) is 0 Å². The van der Waals surface area contributed by atoms with Crippen molar-refractivity contribution in [1.82, 2.24) is 10.3 Å². The van der Waals surface area contributed by atoms with Crippen molar-refractivity contribution in [3.8, 4) is 0 Å². The van der Waals surface area contributed by atoms with Crippen LogP contribution < -0.4 is 5.32 Å². The molecule has 0 spiro atoms. The lowest BCUT2D eigenvalue weighted by Gasteiger charge is -2.26. The van der Waals surface area contributed by atoms with E-state index in [0.29, 0.717) is 0 Å². The standard InChI is InChI=1S/C14H22N2O2/c1-11(7-13(17)18)8-16-10-14(2,3)12-5-4-6-15-9-12/h4-6,9,11,16H,7-8,10H2,1-3H3,(H,17,18). The molecule has 1 unspecified atom stereocenters. The molecule has 0 aliphatic heterocycles. The van der Waals surface area contributed by atoms with E-state index in [1.165, 1.54) is 5.56 Å². The van der Waals surface area contributed by atoms with Gasteiger partial charge >= 0.3 is 5.97 Å². The highest BCUT2D eigenvalue weighted by molar-refractivity contribution is 5.66. The fourth-order valence-corrected chi connectivity index (χ4v) is 1.87. The quantitative estimate of drug-likeness (QED) is 0.777. The zero-order valence-corrected chi connectivity index (χ0v) is 11.3. The third kappa shape index (κ3) is 4.84. The molecule has 4 heteroatoms. The Morgan fingerprint density at radius 3 is 2.83 bits per heavy atom. The van der Waals surface area contributed by atoms with Crippen LogP contribution in [0.25, 0.3) is 0 Å². The molecule has 1 rings (SSSR count). The van der Waals surface area contributed by atoms with Gasteiger partial charge in [-0.05, 0) is 24.1 Å². The lowest BCUT2D eigenvalue weighted by molar-refractivity contribution is -0.137. The van der Waals surface area contributed by atoms with Crippen LogP contribution in [0.5, 0.6) is 0 Å². The molecule has 0 amide bonds. The first-order valence-corrected chi connectivity index (χ1v) is 6.25. The van der Waals surface area contributed by atoms with E-state index in [4.69, 9.17) is 5.11 Å². The molecule has 1 aromatic heterocycles. The van der Waals surface area contributed by atoms with E-state index in [1.54, 1.807) is 6.20 Å². The van der Waals surface area contributed by atoms with Crippen molar-refractivity contribution >= 4 is 5.97 Å². The third-order valence-corrected chi connectivity index (χ3v) is 3.03. The number of carboxylic acid groups (broad SMARTS) is 1. The van der Waals surface area contributed by atoms with Crippen molar-refractivity contribution in [2.24, 2.45) is 5.92 Å². The Balaban J connectivity index is 2.41. The topological polar surface area (TPSA) is 62.2 Å². The van der Waals surface area contributed by atoms with Gasteiger partial charge in [0, 0.05) is 30.8 Å². The molecule has 1 heterocycles. The SMILES string of the molecule is CC(CNCC(C)(C)c1cccnc1)CC(=O)O. The van der Waals surface area contributed by atoms with Crippen LogP contribution >= 0.6 is 0 Å². The van der Waals surface area contributed by atoms with Crippen molar-refractivity contribution < 1.29 is 9.90 Å². The van der Waals surface area contributed by atoms with Crippen LogP contribution in [-0.4, -0.2) is 29.1 Å². The molecule has 0 aliphatic carbocycles. The minimum atomic E-state index is -0.740. The summed E-state index contributed by atoms with van der Waals surface area (Å²) in [5.41, 5.74) is 1.18. The minimum Gasteiger partial charge on any atom is -0.481 e. The van der Waals surface area contributed by atoms with Crippen LogP contribution in [0.15, 0.2) is 24.5 Å². The number of hydrogen-bond acceptors (Lipinski definition) is 3. The first-order valence-electron chi connectivity index (χ1n) is 6.25. The summed E-state index contributed by atoms with van der Waals surface area (Å²) in [6, 6.07) is 4.00. The Hall–Kier alpha value is -1.42. The molecule has 0 saturated heterocycles. The molecule has 0 aromatic carbocycles. The Morgan fingerprint density at radius 2 is 2.28 bits per heavy atom.